The van der Waals surface area contributed by atoms with Crippen molar-refractivity contribution < 1.29 is 14.3 Å². The first-order valence-corrected chi connectivity index (χ1v) is 10.7. The van der Waals surface area contributed by atoms with Gasteiger partial charge in [-0.3, -0.25) is 4.79 Å². The third-order valence-corrected chi connectivity index (χ3v) is 4.48. The highest BCUT2D eigenvalue weighted by Gasteiger charge is 2.13. The second-order valence-electron chi connectivity index (χ2n) is 8.42. The predicted molar refractivity (Wildman–Crippen MR) is 126 cm³/mol. The Kier molecular flexibility index (Phi) is 8.66. The minimum atomic E-state index is -0.140. The summed E-state index contributed by atoms with van der Waals surface area (Å²) in [5.41, 5.74) is 2.17. The zero-order valence-corrected chi connectivity index (χ0v) is 19.3. The Morgan fingerprint density at radius 1 is 1.00 bits per heavy atom. The summed E-state index contributed by atoms with van der Waals surface area (Å²) >= 11 is 5.21. The van der Waals surface area contributed by atoms with Gasteiger partial charge >= 0.3 is 0 Å². The molecule has 0 aliphatic carbocycles. The lowest BCUT2D eigenvalue weighted by atomic mass is 9.87. The maximum Gasteiger partial charge on any atom is 0.226 e. The molecular weight excluding hydrogens is 396 g/mol. The van der Waals surface area contributed by atoms with Gasteiger partial charge in [0.25, 0.3) is 0 Å². The topological polar surface area (TPSA) is 59.6 Å². The molecular formula is C24H32N2O3S. The average Bonchev–Trinajstić information content (AvgIpc) is 2.66. The van der Waals surface area contributed by atoms with Crippen LogP contribution in [0, 0.1) is 0 Å². The molecule has 0 saturated heterocycles. The van der Waals surface area contributed by atoms with Crippen molar-refractivity contribution >= 4 is 28.9 Å². The highest BCUT2D eigenvalue weighted by atomic mass is 32.1. The Balaban J connectivity index is 1.67. The van der Waals surface area contributed by atoms with Crippen molar-refractivity contribution in [3.8, 4) is 11.5 Å². The van der Waals surface area contributed by atoms with E-state index in [1.807, 2.05) is 50.2 Å². The van der Waals surface area contributed by atoms with Gasteiger partial charge in [-0.1, -0.05) is 32.9 Å². The van der Waals surface area contributed by atoms with Gasteiger partial charge in [0, 0.05) is 12.1 Å². The molecule has 0 saturated carbocycles. The molecule has 5 nitrogen and oxygen atoms in total. The largest absolute Gasteiger partial charge is 0.494 e. The maximum absolute atomic E-state index is 12.1. The summed E-state index contributed by atoms with van der Waals surface area (Å²) in [5, 5.41) is 5.97. The van der Waals surface area contributed by atoms with E-state index in [2.05, 4.69) is 43.5 Å². The number of hydrogen-bond donors (Lipinski definition) is 2. The minimum Gasteiger partial charge on any atom is -0.494 e. The van der Waals surface area contributed by atoms with Gasteiger partial charge in [-0.05, 0) is 79.9 Å². The first kappa shape index (κ1) is 23.7. The summed E-state index contributed by atoms with van der Waals surface area (Å²) < 4.78 is 11.3. The quantitative estimate of drug-likeness (QED) is 0.433. The van der Waals surface area contributed by atoms with Crippen LogP contribution in [0.4, 0.5) is 5.69 Å². The molecule has 0 aromatic heterocycles. The van der Waals surface area contributed by atoms with Gasteiger partial charge in [-0.25, -0.2) is 0 Å². The molecule has 0 heterocycles. The van der Waals surface area contributed by atoms with Crippen LogP contribution >= 0.6 is 12.2 Å². The zero-order chi connectivity index (χ0) is 22.1. The van der Waals surface area contributed by atoms with Crippen LogP contribution in [0.3, 0.4) is 0 Å². The van der Waals surface area contributed by atoms with Gasteiger partial charge in [-0.2, -0.15) is 0 Å². The summed E-state index contributed by atoms with van der Waals surface area (Å²) in [6.45, 7) is 11.0. The minimum absolute atomic E-state index is 0.118. The molecule has 1 amide bonds. The number of benzene rings is 2. The Bertz CT molecular complexity index is 825. The SMILES string of the molecule is CC(C)Oc1ccc(NC(=S)NC(=O)CCCOc2ccc(C(C)(C)C)cc2)cc1. The Morgan fingerprint density at radius 3 is 2.17 bits per heavy atom. The van der Waals surface area contributed by atoms with Crippen molar-refractivity contribution in [3.05, 3.63) is 54.1 Å². The number of carbonyl (C=O) groups is 1. The lowest BCUT2D eigenvalue weighted by Gasteiger charge is -2.19. The molecule has 2 rings (SSSR count). The van der Waals surface area contributed by atoms with E-state index in [-0.39, 0.29) is 22.5 Å². The Hall–Kier alpha value is -2.60. The van der Waals surface area contributed by atoms with Gasteiger partial charge in [0.1, 0.15) is 11.5 Å². The molecule has 2 aromatic carbocycles. The Morgan fingerprint density at radius 2 is 1.60 bits per heavy atom. The number of rotatable bonds is 8. The number of amides is 1. The standard InChI is InChI=1S/C24H32N2O3S/c1-17(2)29-21-14-10-19(11-15-21)25-23(30)26-22(27)7-6-16-28-20-12-8-18(9-13-20)24(3,4)5/h8-15,17H,6-7,16H2,1-5H3,(H2,25,26,27,30). The highest BCUT2D eigenvalue weighted by Crippen LogP contribution is 2.24. The molecule has 0 aliphatic heterocycles. The molecule has 0 radical (unpaired) electrons. The summed E-state index contributed by atoms with van der Waals surface area (Å²) in [6.07, 6.45) is 1.07. The van der Waals surface area contributed by atoms with Crippen LogP contribution in [-0.2, 0) is 10.2 Å². The van der Waals surface area contributed by atoms with E-state index in [9.17, 15) is 4.79 Å². The lowest BCUT2D eigenvalue weighted by molar-refractivity contribution is -0.119. The molecule has 0 fully saturated rings. The van der Waals surface area contributed by atoms with E-state index in [4.69, 9.17) is 21.7 Å². The van der Waals surface area contributed by atoms with Crippen molar-refractivity contribution in [2.45, 2.75) is 59.0 Å². The summed E-state index contributed by atoms with van der Waals surface area (Å²) in [6, 6.07) is 15.5. The van der Waals surface area contributed by atoms with Crippen molar-refractivity contribution in [2.75, 3.05) is 11.9 Å². The molecule has 0 atom stereocenters. The number of hydrogen-bond acceptors (Lipinski definition) is 4. The molecule has 0 spiro atoms. The average molecular weight is 429 g/mol. The van der Waals surface area contributed by atoms with E-state index >= 15 is 0 Å². The van der Waals surface area contributed by atoms with Gasteiger partial charge in [-0.15, -0.1) is 0 Å². The highest BCUT2D eigenvalue weighted by molar-refractivity contribution is 7.80. The van der Waals surface area contributed by atoms with Crippen LogP contribution in [0.25, 0.3) is 0 Å². The molecule has 30 heavy (non-hydrogen) atoms. The summed E-state index contributed by atoms with van der Waals surface area (Å²) in [7, 11) is 0. The van der Waals surface area contributed by atoms with E-state index in [0.717, 1.165) is 17.2 Å². The molecule has 0 bridgehead atoms. The first-order chi connectivity index (χ1) is 14.1. The monoisotopic (exact) mass is 428 g/mol. The van der Waals surface area contributed by atoms with Crippen LogP contribution in [0.5, 0.6) is 11.5 Å². The third-order valence-electron chi connectivity index (χ3n) is 4.27. The van der Waals surface area contributed by atoms with Crippen molar-refractivity contribution in [1.29, 1.82) is 0 Å². The van der Waals surface area contributed by atoms with Gasteiger partial charge in [0.05, 0.1) is 12.7 Å². The van der Waals surface area contributed by atoms with Crippen LogP contribution in [0.2, 0.25) is 0 Å². The lowest BCUT2D eigenvalue weighted by Crippen LogP contribution is -2.34. The number of thiocarbonyl (C=S) groups is 1. The zero-order valence-electron chi connectivity index (χ0n) is 18.5. The molecule has 0 aliphatic rings. The van der Waals surface area contributed by atoms with E-state index in [1.54, 1.807) is 0 Å². The molecule has 2 aromatic rings. The van der Waals surface area contributed by atoms with Crippen molar-refractivity contribution in [3.63, 3.8) is 0 Å². The molecule has 0 unspecified atom stereocenters. The van der Waals surface area contributed by atoms with Crippen LogP contribution < -0.4 is 20.1 Å². The van der Waals surface area contributed by atoms with Crippen LogP contribution in [0.15, 0.2) is 48.5 Å². The smallest absolute Gasteiger partial charge is 0.226 e. The number of carbonyl (C=O) groups excluding carboxylic acids is 1. The second-order valence-corrected chi connectivity index (χ2v) is 8.83. The summed E-state index contributed by atoms with van der Waals surface area (Å²) in [4.78, 5) is 12.1. The molecule has 162 valence electrons. The van der Waals surface area contributed by atoms with Crippen LogP contribution in [0.1, 0.15) is 53.0 Å². The van der Waals surface area contributed by atoms with Crippen LogP contribution in [-0.4, -0.2) is 23.7 Å². The fourth-order valence-corrected chi connectivity index (χ4v) is 2.95. The third kappa shape index (κ3) is 8.41. The fourth-order valence-electron chi connectivity index (χ4n) is 2.71. The number of ether oxygens (including phenoxy) is 2. The molecule has 6 heteroatoms. The fraction of sp³-hybridized carbons (Fsp3) is 0.417. The van der Waals surface area contributed by atoms with Crippen molar-refractivity contribution in [1.82, 2.24) is 5.32 Å². The predicted octanol–water partition coefficient (Wildman–Crippen LogP) is 5.44. The maximum atomic E-state index is 12.1. The van der Waals surface area contributed by atoms with Gasteiger partial charge in [0.15, 0.2) is 5.11 Å². The summed E-state index contributed by atoms with van der Waals surface area (Å²) in [5.74, 6) is 1.46. The molecule has 2 N–H and O–H groups in total. The first-order valence-electron chi connectivity index (χ1n) is 10.2. The van der Waals surface area contributed by atoms with Crippen molar-refractivity contribution in [2.24, 2.45) is 0 Å². The van der Waals surface area contributed by atoms with E-state index in [1.165, 1.54) is 5.56 Å². The Labute approximate surface area is 185 Å². The van der Waals surface area contributed by atoms with Gasteiger partial charge < -0.3 is 20.1 Å². The van der Waals surface area contributed by atoms with E-state index < -0.39 is 0 Å². The number of anilines is 1. The second kappa shape index (κ2) is 11.0. The normalized spacial score (nSPS) is 11.1. The van der Waals surface area contributed by atoms with Gasteiger partial charge in [0.2, 0.25) is 5.91 Å². The van der Waals surface area contributed by atoms with E-state index in [0.29, 0.717) is 19.4 Å². The number of nitrogens with one attached hydrogen (secondary N) is 2.